The number of hydrogen-bond donors (Lipinski definition) is 0. The standard InChI is InChI=1S/C4H9ClO.Mg.2H/c1-4(2)3-6-5;;;/h4H,3H2,1-2H3;;;/q;+2;2*-1. The van der Waals surface area contributed by atoms with Crippen LogP contribution in [0.15, 0.2) is 0 Å². The second-order valence-corrected chi connectivity index (χ2v) is 1.89. The third-order valence-corrected chi connectivity index (χ3v) is 0.522. The summed E-state index contributed by atoms with van der Waals surface area (Å²) in [6, 6.07) is 0. The van der Waals surface area contributed by atoms with E-state index in [4.69, 9.17) is 11.9 Å². The fourth-order valence-corrected chi connectivity index (χ4v) is 0.378. The molecule has 0 atom stereocenters. The summed E-state index contributed by atoms with van der Waals surface area (Å²) in [6.45, 7) is 4.73. The Hall–Kier alpha value is 1.02. The Balaban J connectivity index is -0.0000000417. The Labute approximate surface area is 68.7 Å². The van der Waals surface area contributed by atoms with Crippen LogP contribution in [-0.4, -0.2) is 29.7 Å². The van der Waals surface area contributed by atoms with E-state index in [1.54, 1.807) is 0 Å². The van der Waals surface area contributed by atoms with Gasteiger partial charge in [0.25, 0.3) is 0 Å². The van der Waals surface area contributed by atoms with Gasteiger partial charge in [0.15, 0.2) is 0 Å². The fraction of sp³-hybridized carbons (Fsp3) is 1.00. The van der Waals surface area contributed by atoms with Gasteiger partial charge in [-0.15, -0.1) is 0 Å². The Morgan fingerprint density at radius 2 is 2.14 bits per heavy atom. The number of hydrogen-bond acceptors (Lipinski definition) is 1. The van der Waals surface area contributed by atoms with Crippen LogP contribution in [0.25, 0.3) is 0 Å². The van der Waals surface area contributed by atoms with Gasteiger partial charge in [0.2, 0.25) is 0 Å². The smallest absolute Gasteiger partial charge is 1.00 e. The average molecular weight is 135 g/mol. The molecule has 0 amide bonds. The van der Waals surface area contributed by atoms with Crippen LogP contribution in [0.1, 0.15) is 16.7 Å². The van der Waals surface area contributed by atoms with E-state index in [0.717, 1.165) is 0 Å². The van der Waals surface area contributed by atoms with E-state index < -0.39 is 0 Å². The Morgan fingerprint density at radius 1 is 1.71 bits per heavy atom. The number of rotatable bonds is 2. The summed E-state index contributed by atoms with van der Waals surface area (Å²) < 4.78 is 4.28. The molecule has 0 N–H and O–H groups in total. The van der Waals surface area contributed by atoms with Gasteiger partial charge in [0.05, 0.1) is 18.5 Å². The van der Waals surface area contributed by atoms with E-state index in [2.05, 4.69) is 4.29 Å². The van der Waals surface area contributed by atoms with Crippen molar-refractivity contribution in [1.82, 2.24) is 0 Å². The molecule has 0 unspecified atom stereocenters. The Morgan fingerprint density at radius 3 is 2.14 bits per heavy atom. The van der Waals surface area contributed by atoms with Crippen LogP contribution in [0.3, 0.4) is 0 Å². The second kappa shape index (κ2) is 7.02. The van der Waals surface area contributed by atoms with Crippen LogP contribution in [0.4, 0.5) is 0 Å². The summed E-state index contributed by atoms with van der Waals surface area (Å²) in [4.78, 5) is 0. The van der Waals surface area contributed by atoms with E-state index in [1.165, 1.54) is 0 Å². The molecular weight excluding hydrogens is 124 g/mol. The van der Waals surface area contributed by atoms with Crippen LogP contribution < -0.4 is 0 Å². The molecule has 0 aliphatic heterocycles. The minimum atomic E-state index is 0. The summed E-state index contributed by atoms with van der Waals surface area (Å²) in [7, 11) is 0. The number of halogens is 1. The molecule has 0 aliphatic carbocycles. The van der Waals surface area contributed by atoms with Crippen molar-refractivity contribution in [2.24, 2.45) is 5.92 Å². The van der Waals surface area contributed by atoms with Crippen molar-refractivity contribution in [2.75, 3.05) is 6.61 Å². The molecule has 7 heavy (non-hydrogen) atoms. The summed E-state index contributed by atoms with van der Waals surface area (Å²) in [6.07, 6.45) is 0. The first-order valence-corrected chi connectivity index (χ1v) is 2.31. The van der Waals surface area contributed by atoms with Crippen molar-refractivity contribution in [3.8, 4) is 0 Å². The SMILES string of the molecule is CC(C)COCl.[H-].[H-].[Mg+2]. The van der Waals surface area contributed by atoms with E-state index >= 15 is 0 Å². The molecule has 0 heterocycles. The maximum atomic E-state index is 4.90. The predicted molar refractivity (Wildman–Crippen MR) is 34.6 cm³/mol. The van der Waals surface area contributed by atoms with Crippen LogP contribution in [0.5, 0.6) is 0 Å². The Bertz CT molecular complexity index is 39.7. The van der Waals surface area contributed by atoms with Gasteiger partial charge >= 0.3 is 23.1 Å². The zero-order valence-corrected chi connectivity index (χ0v) is 6.95. The molecule has 42 valence electrons. The van der Waals surface area contributed by atoms with Crippen molar-refractivity contribution in [2.45, 2.75) is 13.8 Å². The molecule has 1 nitrogen and oxygen atoms in total. The normalized spacial score (nSPS) is 8.57. The molecule has 0 saturated carbocycles. The van der Waals surface area contributed by atoms with Gasteiger partial charge in [-0.1, -0.05) is 13.8 Å². The fourth-order valence-electron chi connectivity index (χ4n) is 0.126. The Kier molecular flexibility index (Phi) is 10.9. The van der Waals surface area contributed by atoms with E-state index in [0.29, 0.717) is 12.5 Å². The van der Waals surface area contributed by atoms with Crippen molar-refractivity contribution < 1.29 is 7.14 Å². The zero-order valence-electron chi connectivity index (χ0n) is 6.78. The molecule has 0 fully saturated rings. The van der Waals surface area contributed by atoms with E-state index in [1.807, 2.05) is 13.8 Å². The third-order valence-electron chi connectivity index (χ3n) is 0.396. The summed E-state index contributed by atoms with van der Waals surface area (Å²) in [5.41, 5.74) is 0. The minimum absolute atomic E-state index is 0. The maximum Gasteiger partial charge on any atom is 2.00 e. The van der Waals surface area contributed by atoms with Gasteiger partial charge in [-0.2, -0.15) is 0 Å². The zero-order chi connectivity index (χ0) is 4.99. The quantitative estimate of drug-likeness (QED) is 0.523. The molecule has 3 heteroatoms. The van der Waals surface area contributed by atoms with Crippen LogP contribution in [0, 0.1) is 5.92 Å². The van der Waals surface area contributed by atoms with Crippen molar-refractivity contribution >= 4 is 34.9 Å². The summed E-state index contributed by atoms with van der Waals surface area (Å²) in [5.74, 6) is 0.544. The molecule has 0 aromatic rings. The molecule has 0 saturated heterocycles. The predicted octanol–water partition coefficient (Wildman–Crippen LogP) is 1.66. The molecule has 0 aliphatic rings. The third kappa shape index (κ3) is 10.9. The topological polar surface area (TPSA) is 9.23 Å². The first-order chi connectivity index (χ1) is 2.77. The second-order valence-electron chi connectivity index (χ2n) is 1.67. The van der Waals surface area contributed by atoms with Crippen LogP contribution in [-0.2, 0) is 4.29 Å². The molecule has 0 radical (unpaired) electrons. The minimum Gasteiger partial charge on any atom is -1.00 e. The molecular formula is C4H11ClMgO. The van der Waals surface area contributed by atoms with E-state index in [-0.39, 0.29) is 25.9 Å². The maximum absolute atomic E-state index is 4.90. The molecule has 0 spiro atoms. The van der Waals surface area contributed by atoms with Gasteiger partial charge in [-0.25, -0.2) is 0 Å². The summed E-state index contributed by atoms with van der Waals surface area (Å²) in [5, 5.41) is 0. The monoisotopic (exact) mass is 134 g/mol. The van der Waals surface area contributed by atoms with Crippen LogP contribution in [0.2, 0.25) is 0 Å². The first kappa shape index (κ1) is 10.9. The van der Waals surface area contributed by atoms with Crippen LogP contribution >= 0.6 is 11.9 Å². The van der Waals surface area contributed by atoms with Crippen molar-refractivity contribution in [3.63, 3.8) is 0 Å². The van der Waals surface area contributed by atoms with Gasteiger partial charge in [-0.05, 0) is 5.92 Å². The molecule has 0 bridgehead atoms. The average Bonchev–Trinajstić information content (AvgIpc) is 1.35. The van der Waals surface area contributed by atoms with Crippen molar-refractivity contribution in [1.29, 1.82) is 0 Å². The summed E-state index contributed by atoms with van der Waals surface area (Å²) >= 11 is 4.90. The van der Waals surface area contributed by atoms with Gasteiger partial charge < -0.3 is 2.85 Å². The van der Waals surface area contributed by atoms with Gasteiger partial charge in [0, 0.05) is 0 Å². The molecule has 0 rings (SSSR count). The largest absolute Gasteiger partial charge is 2.00 e. The van der Waals surface area contributed by atoms with Gasteiger partial charge in [-0.3, -0.25) is 4.29 Å². The molecule has 0 aromatic carbocycles. The van der Waals surface area contributed by atoms with Crippen molar-refractivity contribution in [3.05, 3.63) is 0 Å². The molecule has 0 aromatic heterocycles. The first-order valence-electron chi connectivity index (χ1n) is 2.01. The van der Waals surface area contributed by atoms with Gasteiger partial charge in [0.1, 0.15) is 0 Å². The van der Waals surface area contributed by atoms with E-state index in [9.17, 15) is 0 Å².